The number of amides is 2. The number of non-ortho nitro benzene ring substituents is 1. The van der Waals surface area contributed by atoms with Gasteiger partial charge >= 0.3 is 0 Å². The lowest BCUT2D eigenvalue weighted by Gasteiger charge is -2.14. The van der Waals surface area contributed by atoms with Gasteiger partial charge in [-0.15, -0.1) is 11.3 Å². The number of hydrogen-bond acceptors (Lipinski definition) is 9. The molecule has 0 fully saturated rings. The number of aliphatic hydroxyl groups is 1. The van der Waals surface area contributed by atoms with E-state index < -0.39 is 29.4 Å². The van der Waals surface area contributed by atoms with Crippen LogP contribution in [0.15, 0.2) is 58.0 Å². The third-order valence-electron chi connectivity index (χ3n) is 3.93. The lowest BCUT2D eigenvalue weighted by atomic mass is 10.2. The largest absolute Gasteiger partial charge is 0.394 e. The van der Waals surface area contributed by atoms with Crippen molar-refractivity contribution in [3.05, 3.63) is 64.2 Å². The molecular formula is C19H17N5O5S2. The maximum atomic E-state index is 12.1. The van der Waals surface area contributed by atoms with Gasteiger partial charge in [0.05, 0.1) is 33.7 Å². The standard InChI is InChI=1S/C19H17N5O5S2/c25-10-15(18(27)23-20-9-12-5-7-13(8-6-12)24(28)29)21-17(26)11-30-19-22-14-3-1-2-4-16(14)31-19/h1-9,15,25H,10-11H2,(H,21,26)(H,23,27). The van der Waals surface area contributed by atoms with Crippen LogP contribution in [0.2, 0.25) is 0 Å². The number of nitrogens with one attached hydrogen (secondary N) is 2. The number of fused-ring (bicyclic) bond motifs is 1. The fraction of sp³-hybridized carbons (Fsp3) is 0.158. The topological polar surface area (TPSA) is 147 Å². The van der Waals surface area contributed by atoms with Crippen molar-refractivity contribution < 1.29 is 19.6 Å². The summed E-state index contributed by atoms with van der Waals surface area (Å²) in [5, 5.41) is 26.2. The van der Waals surface area contributed by atoms with Crippen LogP contribution in [0.3, 0.4) is 0 Å². The number of rotatable bonds is 9. The first-order valence-corrected chi connectivity index (χ1v) is 10.7. The lowest BCUT2D eigenvalue weighted by molar-refractivity contribution is -0.384. The zero-order valence-corrected chi connectivity index (χ0v) is 17.6. The second-order valence-corrected chi connectivity index (χ2v) is 8.37. The highest BCUT2D eigenvalue weighted by Crippen LogP contribution is 2.29. The van der Waals surface area contributed by atoms with Gasteiger partial charge in [0.1, 0.15) is 6.04 Å². The van der Waals surface area contributed by atoms with Crippen LogP contribution >= 0.6 is 23.1 Å². The summed E-state index contributed by atoms with van der Waals surface area (Å²) < 4.78 is 1.75. The second kappa shape index (κ2) is 10.6. The van der Waals surface area contributed by atoms with E-state index in [2.05, 4.69) is 20.8 Å². The molecule has 3 rings (SSSR count). The minimum atomic E-state index is -1.17. The molecule has 3 aromatic rings. The zero-order valence-electron chi connectivity index (χ0n) is 15.9. The van der Waals surface area contributed by atoms with Crippen LogP contribution in [0.4, 0.5) is 5.69 Å². The molecule has 3 N–H and O–H groups in total. The zero-order chi connectivity index (χ0) is 22.2. The summed E-state index contributed by atoms with van der Waals surface area (Å²) in [7, 11) is 0. The first kappa shape index (κ1) is 22.3. The Balaban J connectivity index is 1.47. The number of aromatic nitrogens is 1. The van der Waals surface area contributed by atoms with E-state index in [4.69, 9.17) is 0 Å². The Labute approximate surface area is 184 Å². The molecule has 1 heterocycles. The number of carbonyl (C=O) groups is 2. The molecule has 0 saturated carbocycles. The SMILES string of the molecule is O=C(CSc1nc2ccccc2s1)NC(CO)C(=O)NN=Cc1ccc([N+](=O)[O-])cc1. The maximum absolute atomic E-state index is 12.1. The molecule has 0 saturated heterocycles. The van der Waals surface area contributed by atoms with Gasteiger partial charge in [-0.25, -0.2) is 10.4 Å². The summed E-state index contributed by atoms with van der Waals surface area (Å²) in [5.41, 5.74) is 3.54. The Morgan fingerprint density at radius 1 is 1.26 bits per heavy atom. The van der Waals surface area contributed by atoms with Crippen molar-refractivity contribution in [3.8, 4) is 0 Å². The third kappa shape index (κ3) is 6.31. The highest BCUT2D eigenvalue weighted by Gasteiger charge is 2.20. The second-order valence-electron chi connectivity index (χ2n) is 6.12. The van der Waals surface area contributed by atoms with Crippen LogP contribution < -0.4 is 10.7 Å². The predicted octanol–water partition coefficient (Wildman–Crippen LogP) is 1.92. The van der Waals surface area contributed by atoms with Gasteiger partial charge in [-0.05, 0) is 29.8 Å². The molecule has 31 heavy (non-hydrogen) atoms. The van der Waals surface area contributed by atoms with Crippen molar-refractivity contribution in [3.63, 3.8) is 0 Å². The highest BCUT2D eigenvalue weighted by molar-refractivity contribution is 8.01. The molecule has 0 spiro atoms. The monoisotopic (exact) mass is 459 g/mol. The summed E-state index contributed by atoms with van der Waals surface area (Å²) in [4.78, 5) is 38.8. The average Bonchev–Trinajstić information content (AvgIpc) is 3.19. The van der Waals surface area contributed by atoms with E-state index in [0.29, 0.717) is 5.56 Å². The minimum absolute atomic E-state index is 0.0374. The number of nitro benzene ring substituents is 1. The van der Waals surface area contributed by atoms with Gasteiger partial charge in [-0.2, -0.15) is 5.10 Å². The van der Waals surface area contributed by atoms with E-state index in [9.17, 15) is 24.8 Å². The van der Waals surface area contributed by atoms with Gasteiger partial charge in [-0.3, -0.25) is 19.7 Å². The van der Waals surface area contributed by atoms with Crippen LogP contribution in [0.5, 0.6) is 0 Å². The van der Waals surface area contributed by atoms with Crippen molar-refractivity contribution in [1.82, 2.24) is 15.7 Å². The van der Waals surface area contributed by atoms with E-state index in [1.54, 1.807) is 0 Å². The Hall–Kier alpha value is -3.35. The van der Waals surface area contributed by atoms with Crippen molar-refractivity contribution >= 4 is 57.0 Å². The molecule has 1 aromatic heterocycles. The quantitative estimate of drug-likeness (QED) is 0.192. The van der Waals surface area contributed by atoms with Gasteiger partial charge in [0.25, 0.3) is 11.6 Å². The van der Waals surface area contributed by atoms with E-state index in [1.165, 1.54) is 53.6 Å². The molecule has 0 aliphatic rings. The van der Waals surface area contributed by atoms with Gasteiger partial charge in [-0.1, -0.05) is 23.9 Å². The van der Waals surface area contributed by atoms with Crippen molar-refractivity contribution in [2.75, 3.05) is 12.4 Å². The number of benzene rings is 2. The summed E-state index contributed by atoms with van der Waals surface area (Å²) in [6, 6.07) is 12.0. The van der Waals surface area contributed by atoms with Crippen molar-refractivity contribution in [2.24, 2.45) is 5.10 Å². The first-order valence-electron chi connectivity index (χ1n) is 8.92. The lowest BCUT2D eigenvalue weighted by Crippen LogP contribution is -2.48. The molecular weight excluding hydrogens is 442 g/mol. The number of thiazole rings is 1. The third-order valence-corrected chi connectivity index (χ3v) is 6.11. The Morgan fingerprint density at radius 3 is 2.68 bits per heavy atom. The molecule has 0 radical (unpaired) electrons. The normalized spacial score (nSPS) is 12.0. The number of hydrazone groups is 1. The van der Waals surface area contributed by atoms with Crippen molar-refractivity contribution in [1.29, 1.82) is 0 Å². The van der Waals surface area contributed by atoms with Crippen LogP contribution in [-0.2, 0) is 9.59 Å². The Kier molecular flexibility index (Phi) is 7.65. The van der Waals surface area contributed by atoms with E-state index in [0.717, 1.165) is 14.6 Å². The Bertz CT molecular complexity index is 1080. The first-order chi connectivity index (χ1) is 15.0. The van der Waals surface area contributed by atoms with Gasteiger partial charge in [0.15, 0.2) is 4.34 Å². The Morgan fingerprint density at radius 2 is 2.00 bits per heavy atom. The molecule has 2 aromatic carbocycles. The van der Waals surface area contributed by atoms with E-state index in [1.807, 2.05) is 24.3 Å². The van der Waals surface area contributed by atoms with Crippen LogP contribution in [0.25, 0.3) is 10.2 Å². The van der Waals surface area contributed by atoms with Crippen LogP contribution in [-0.4, -0.2) is 51.4 Å². The predicted molar refractivity (Wildman–Crippen MR) is 118 cm³/mol. The number of nitro groups is 1. The number of carbonyl (C=O) groups excluding carboxylic acids is 2. The molecule has 10 nitrogen and oxygen atoms in total. The van der Waals surface area contributed by atoms with Gasteiger partial charge < -0.3 is 10.4 Å². The fourth-order valence-electron chi connectivity index (χ4n) is 2.40. The minimum Gasteiger partial charge on any atom is -0.394 e. The smallest absolute Gasteiger partial charge is 0.269 e. The molecule has 12 heteroatoms. The number of aliphatic hydroxyl groups excluding tert-OH is 1. The molecule has 2 amide bonds. The fourth-order valence-corrected chi connectivity index (χ4v) is 4.28. The van der Waals surface area contributed by atoms with E-state index in [-0.39, 0.29) is 11.4 Å². The van der Waals surface area contributed by atoms with Crippen molar-refractivity contribution in [2.45, 2.75) is 10.4 Å². The molecule has 160 valence electrons. The van der Waals surface area contributed by atoms with Crippen LogP contribution in [0, 0.1) is 10.1 Å². The maximum Gasteiger partial charge on any atom is 0.269 e. The number of nitrogens with zero attached hydrogens (tertiary/aromatic N) is 3. The summed E-state index contributed by atoms with van der Waals surface area (Å²) in [5.74, 6) is -1.09. The number of thioether (sulfide) groups is 1. The summed E-state index contributed by atoms with van der Waals surface area (Å²) >= 11 is 2.71. The highest BCUT2D eigenvalue weighted by atomic mass is 32.2. The molecule has 0 aliphatic heterocycles. The summed E-state index contributed by atoms with van der Waals surface area (Å²) in [6.07, 6.45) is 1.29. The van der Waals surface area contributed by atoms with E-state index >= 15 is 0 Å². The average molecular weight is 460 g/mol. The van der Waals surface area contributed by atoms with Gasteiger partial charge in [0, 0.05) is 12.1 Å². The van der Waals surface area contributed by atoms with Gasteiger partial charge in [0.2, 0.25) is 5.91 Å². The van der Waals surface area contributed by atoms with Crippen LogP contribution in [0.1, 0.15) is 5.56 Å². The molecule has 1 atom stereocenters. The summed E-state index contributed by atoms with van der Waals surface area (Å²) in [6.45, 7) is -0.601. The number of para-hydroxylation sites is 1. The molecule has 0 bridgehead atoms. The molecule has 0 aliphatic carbocycles. The molecule has 1 unspecified atom stereocenters. The number of hydrogen-bond donors (Lipinski definition) is 3.